The molecular weight excluding hydrogens is 266 g/mol. The highest BCUT2D eigenvalue weighted by molar-refractivity contribution is 5.86. The van der Waals surface area contributed by atoms with E-state index in [-0.39, 0.29) is 29.7 Å². The average Bonchev–Trinajstić information content (AvgIpc) is 3.08. The number of nitrogens with one attached hydrogen (secondary N) is 1. The molecule has 112 valence electrons. The summed E-state index contributed by atoms with van der Waals surface area (Å²) in [6, 6.07) is 9.67. The lowest BCUT2D eigenvalue weighted by Gasteiger charge is -2.28. The molecule has 0 saturated heterocycles. The van der Waals surface area contributed by atoms with Crippen molar-refractivity contribution in [3.63, 3.8) is 0 Å². The molecule has 0 aliphatic heterocycles. The molecule has 1 aromatic carbocycles. The van der Waals surface area contributed by atoms with Gasteiger partial charge in [0.25, 0.3) is 0 Å². The zero-order valence-electron chi connectivity index (χ0n) is 12.2. The number of benzene rings is 1. The van der Waals surface area contributed by atoms with Gasteiger partial charge in [-0.3, -0.25) is 9.59 Å². The van der Waals surface area contributed by atoms with Gasteiger partial charge in [-0.2, -0.15) is 0 Å². The van der Waals surface area contributed by atoms with Crippen molar-refractivity contribution < 1.29 is 14.7 Å². The molecular formula is C17H21NO3. The second-order valence-electron chi connectivity index (χ2n) is 6.36. The fourth-order valence-corrected chi connectivity index (χ4v) is 4.16. The molecule has 2 saturated carbocycles. The minimum absolute atomic E-state index is 0.0905. The van der Waals surface area contributed by atoms with E-state index in [0.717, 1.165) is 24.8 Å². The lowest BCUT2D eigenvalue weighted by molar-refractivity contribution is -0.149. The first-order valence-electron chi connectivity index (χ1n) is 7.66. The third-order valence-corrected chi connectivity index (χ3v) is 5.16. The van der Waals surface area contributed by atoms with Gasteiger partial charge in [-0.1, -0.05) is 30.3 Å². The highest BCUT2D eigenvalue weighted by atomic mass is 16.4. The Hall–Kier alpha value is -1.84. The van der Waals surface area contributed by atoms with Crippen molar-refractivity contribution in [2.45, 2.75) is 32.2 Å². The highest BCUT2D eigenvalue weighted by Crippen LogP contribution is 2.52. The minimum atomic E-state index is -0.810. The molecule has 5 atom stereocenters. The number of rotatable bonds is 4. The molecule has 2 N–H and O–H groups in total. The van der Waals surface area contributed by atoms with E-state index in [2.05, 4.69) is 5.32 Å². The van der Waals surface area contributed by atoms with E-state index in [4.69, 9.17) is 0 Å². The number of aliphatic carboxylic acids is 1. The highest BCUT2D eigenvalue weighted by Gasteiger charge is 2.54. The van der Waals surface area contributed by atoms with Gasteiger partial charge in [0.1, 0.15) is 0 Å². The molecule has 0 unspecified atom stereocenters. The molecule has 21 heavy (non-hydrogen) atoms. The van der Waals surface area contributed by atoms with Gasteiger partial charge in [0.2, 0.25) is 5.91 Å². The zero-order valence-corrected chi connectivity index (χ0v) is 12.2. The van der Waals surface area contributed by atoms with E-state index in [1.807, 2.05) is 37.3 Å². The number of fused-ring (bicyclic) bond motifs is 2. The Balaban J connectivity index is 1.72. The monoisotopic (exact) mass is 287 g/mol. The fourth-order valence-electron chi connectivity index (χ4n) is 4.16. The van der Waals surface area contributed by atoms with Gasteiger partial charge in [0, 0.05) is 0 Å². The first kappa shape index (κ1) is 14.1. The summed E-state index contributed by atoms with van der Waals surface area (Å²) in [5.74, 6) is -1.31. The van der Waals surface area contributed by atoms with Crippen LogP contribution in [0.2, 0.25) is 0 Å². The molecule has 4 heteroatoms. The van der Waals surface area contributed by atoms with E-state index < -0.39 is 11.9 Å². The molecule has 0 heterocycles. The summed E-state index contributed by atoms with van der Waals surface area (Å²) >= 11 is 0. The Morgan fingerprint density at radius 2 is 1.76 bits per heavy atom. The van der Waals surface area contributed by atoms with Crippen LogP contribution in [-0.2, 0) is 9.59 Å². The van der Waals surface area contributed by atoms with E-state index in [0.29, 0.717) is 0 Å². The van der Waals surface area contributed by atoms with Crippen LogP contribution in [0.3, 0.4) is 0 Å². The Bertz CT molecular complexity index is 542. The number of carboxylic acids is 1. The topological polar surface area (TPSA) is 66.4 Å². The Morgan fingerprint density at radius 1 is 1.14 bits per heavy atom. The molecule has 0 radical (unpaired) electrons. The van der Waals surface area contributed by atoms with E-state index >= 15 is 0 Å². The molecule has 3 rings (SSSR count). The van der Waals surface area contributed by atoms with Crippen molar-refractivity contribution in [2.24, 2.45) is 23.7 Å². The van der Waals surface area contributed by atoms with Crippen LogP contribution < -0.4 is 5.32 Å². The largest absolute Gasteiger partial charge is 0.481 e. The normalized spacial score (nSPS) is 31.9. The third kappa shape index (κ3) is 2.55. The van der Waals surface area contributed by atoms with Gasteiger partial charge in [0.15, 0.2) is 0 Å². The Labute approximate surface area is 124 Å². The number of hydrogen-bond donors (Lipinski definition) is 2. The van der Waals surface area contributed by atoms with Gasteiger partial charge >= 0.3 is 5.97 Å². The Kier molecular flexibility index (Phi) is 3.70. The second-order valence-corrected chi connectivity index (χ2v) is 6.36. The quantitative estimate of drug-likeness (QED) is 0.894. The molecule has 1 amide bonds. The van der Waals surface area contributed by atoms with Crippen LogP contribution in [0.15, 0.2) is 30.3 Å². The molecule has 1 aromatic rings. The van der Waals surface area contributed by atoms with Gasteiger partial charge in [0.05, 0.1) is 17.9 Å². The SMILES string of the molecule is C[C@@H](NC(=O)[C@H]1[C@@H]2CC[C@@H](C2)[C@@H]1C(=O)O)c1ccccc1. The molecule has 0 spiro atoms. The molecule has 2 fully saturated rings. The van der Waals surface area contributed by atoms with E-state index in [1.165, 1.54) is 0 Å². The van der Waals surface area contributed by atoms with Crippen molar-refractivity contribution in [1.29, 1.82) is 0 Å². The van der Waals surface area contributed by atoms with Crippen molar-refractivity contribution in [2.75, 3.05) is 0 Å². The summed E-state index contributed by atoms with van der Waals surface area (Å²) in [5, 5.41) is 12.4. The number of hydrogen-bond acceptors (Lipinski definition) is 2. The predicted molar refractivity (Wildman–Crippen MR) is 78.4 cm³/mol. The lowest BCUT2D eigenvalue weighted by Crippen LogP contribution is -2.42. The number of carbonyl (C=O) groups excluding carboxylic acids is 1. The number of carboxylic acid groups (broad SMARTS) is 1. The molecule has 2 bridgehead atoms. The molecule has 0 aromatic heterocycles. The van der Waals surface area contributed by atoms with Crippen molar-refractivity contribution >= 4 is 11.9 Å². The van der Waals surface area contributed by atoms with Gasteiger partial charge < -0.3 is 10.4 Å². The number of amides is 1. The number of carbonyl (C=O) groups is 2. The van der Waals surface area contributed by atoms with Crippen molar-refractivity contribution in [3.05, 3.63) is 35.9 Å². The summed E-state index contributed by atoms with van der Waals surface area (Å²) in [7, 11) is 0. The zero-order chi connectivity index (χ0) is 15.0. The molecule has 4 nitrogen and oxygen atoms in total. The lowest BCUT2D eigenvalue weighted by atomic mass is 9.78. The maximum atomic E-state index is 12.6. The fraction of sp³-hybridized carbons (Fsp3) is 0.529. The van der Waals surface area contributed by atoms with Gasteiger partial charge in [-0.05, 0) is 43.6 Å². The van der Waals surface area contributed by atoms with Crippen LogP contribution in [-0.4, -0.2) is 17.0 Å². The standard InChI is InChI=1S/C17H21NO3/c1-10(11-5-3-2-4-6-11)18-16(19)14-12-7-8-13(9-12)15(14)17(20)21/h2-6,10,12-15H,7-9H2,1H3,(H,18,19)(H,20,21)/t10-,12-,13+,14+,15+/m1/s1. The minimum Gasteiger partial charge on any atom is -0.481 e. The van der Waals surface area contributed by atoms with Crippen LogP contribution in [0, 0.1) is 23.7 Å². The van der Waals surface area contributed by atoms with E-state index in [1.54, 1.807) is 0 Å². The first-order valence-corrected chi connectivity index (χ1v) is 7.66. The summed E-state index contributed by atoms with van der Waals surface area (Å²) in [5.41, 5.74) is 1.04. The molecule has 2 aliphatic rings. The average molecular weight is 287 g/mol. The van der Waals surface area contributed by atoms with Crippen molar-refractivity contribution in [1.82, 2.24) is 5.32 Å². The maximum absolute atomic E-state index is 12.6. The smallest absolute Gasteiger partial charge is 0.307 e. The summed E-state index contributed by atoms with van der Waals surface area (Å²) < 4.78 is 0. The first-order chi connectivity index (χ1) is 10.1. The van der Waals surface area contributed by atoms with E-state index in [9.17, 15) is 14.7 Å². The third-order valence-electron chi connectivity index (χ3n) is 5.16. The van der Waals surface area contributed by atoms with Crippen molar-refractivity contribution in [3.8, 4) is 0 Å². The summed E-state index contributed by atoms with van der Waals surface area (Å²) in [4.78, 5) is 24.0. The van der Waals surface area contributed by atoms with Crippen LogP contribution in [0.4, 0.5) is 0 Å². The maximum Gasteiger partial charge on any atom is 0.307 e. The van der Waals surface area contributed by atoms with Crippen LogP contribution in [0.25, 0.3) is 0 Å². The molecule has 2 aliphatic carbocycles. The van der Waals surface area contributed by atoms with Crippen LogP contribution in [0.1, 0.15) is 37.8 Å². The Morgan fingerprint density at radius 3 is 2.38 bits per heavy atom. The second kappa shape index (κ2) is 5.51. The van der Waals surface area contributed by atoms with Crippen LogP contribution >= 0.6 is 0 Å². The predicted octanol–water partition coefficient (Wildman–Crippen LogP) is 2.61. The summed E-state index contributed by atoms with van der Waals surface area (Å²) in [6.45, 7) is 1.94. The van der Waals surface area contributed by atoms with Gasteiger partial charge in [-0.25, -0.2) is 0 Å². The summed E-state index contributed by atoms with van der Waals surface area (Å²) in [6.07, 6.45) is 2.85. The van der Waals surface area contributed by atoms with Crippen LogP contribution in [0.5, 0.6) is 0 Å². The van der Waals surface area contributed by atoms with Gasteiger partial charge in [-0.15, -0.1) is 0 Å².